The van der Waals surface area contributed by atoms with Crippen LogP contribution in [0, 0.1) is 6.92 Å². The van der Waals surface area contributed by atoms with Gasteiger partial charge < -0.3 is 0 Å². The Balaban J connectivity index is 1.96. The van der Waals surface area contributed by atoms with Crippen molar-refractivity contribution in [2.24, 2.45) is 7.05 Å². The monoisotopic (exact) mass is 293 g/mol. The first-order chi connectivity index (χ1) is 11.8. The Morgan fingerprint density at radius 3 is 2.77 bits per heavy atom. The standard InChI is InChI=1S/C19H20N3/c1-4-19-20-12-11-17(21-19)15-9-10-18(22(3)13-15)16-8-6-5-7-14(16)2/h5-13H,4H2,1-3H3/q+1/i1D3. The zero-order chi connectivity index (χ0) is 18.0. The number of pyridine rings is 1. The maximum atomic E-state index is 7.37. The minimum absolute atomic E-state index is 0.131. The third-order valence-corrected chi connectivity index (χ3v) is 3.71. The van der Waals surface area contributed by atoms with Gasteiger partial charge >= 0.3 is 0 Å². The van der Waals surface area contributed by atoms with E-state index in [1.54, 1.807) is 12.3 Å². The Bertz CT molecular complexity index is 904. The average Bonchev–Trinajstić information content (AvgIpc) is 2.54. The molecule has 3 heteroatoms. The molecule has 0 aliphatic carbocycles. The van der Waals surface area contributed by atoms with Crippen molar-refractivity contribution in [1.29, 1.82) is 0 Å². The predicted octanol–water partition coefficient (Wildman–Crippen LogP) is 3.51. The number of hydrogen-bond donors (Lipinski definition) is 0. The van der Waals surface area contributed by atoms with Crippen LogP contribution in [0.1, 0.15) is 22.4 Å². The molecule has 0 spiro atoms. The van der Waals surface area contributed by atoms with Gasteiger partial charge in [-0.15, -0.1) is 0 Å². The summed E-state index contributed by atoms with van der Waals surface area (Å²) in [7, 11) is 2.00. The zero-order valence-corrected chi connectivity index (χ0v) is 12.7. The van der Waals surface area contributed by atoms with E-state index in [1.807, 2.05) is 31.4 Å². The summed E-state index contributed by atoms with van der Waals surface area (Å²) in [6.45, 7) is 0.0206. The third-order valence-electron chi connectivity index (χ3n) is 3.71. The first kappa shape index (κ1) is 11.1. The number of rotatable bonds is 3. The second kappa shape index (κ2) is 6.06. The molecule has 3 aromatic rings. The SMILES string of the molecule is [2H]C([2H])([2H])Cc1nccc(-c2ccc(-c3ccccc3C)[n+](C)c2)n1. The lowest BCUT2D eigenvalue weighted by Gasteiger charge is -2.06. The van der Waals surface area contributed by atoms with Crippen molar-refractivity contribution < 1.29 is 8.68 Å². The van der Waals surface area contributed by atoms with E-state index < -0.39 is 6.85 Å². The fraction of sp³-hybridized carbons (Fsp3) is 0.211. The average molecular weight is 293 g/mol. The van der Waals surface area contributed by atoms with Gasteiger partial charge in [-0.25, -0.2) is 14.5 Å². The molecule has 3 rings (SSSR count). The molecule has 2 aromatic heterocycles. The Morgan fingerprint density at radius 1 is 1.14 bits per heavy atom. The van der Waals surface area contributed by atoms with Crippen LogP contribution in [-0.2, 0) is 13.5 Å². The van der Waals surface area contributed by atoms with Gasteiger partial charge in [0.1, 0.15) is 12.9 Å². The molecular formula is C19H20N3+. The van der Waals surface area contributed by atoms with E-state index in [1.165, 1.54) is 11.1 Å². The van der Waals surface area contributed by atoms with E-state index in [9.17, 15) is 0 Å². The predicted molar refractivity (Wildman–Crippen MR) is 88.2 cm³/mol. The van der Waals surface area contributed by atoms with Crippen LogP contribution in [0.25, 0.3) is 22.5 Å². The van der Waals surface area contributed by atoms with E-state index in [-0.39, 0.29) is 6.42 Å². The maximum Gasteiger partial charge on any atom is 0.212 e. The molecule has 0 atom stereocenters. The van der Waals surface area contributed by atoms with Crippen LogP contribution >= 0.6 is 0 Å². The highest BCUT2D eigenvalue weighted by atomic mass is 14.9. The summed E-state index contributed by atoms with van der Waals surface area (Å²) in [5, 5.41) is 0. The van der Waals surface area contributed by atoms with Crippen molar-refractivity contribution in [1.82, 2.24) is 9.97 Å². The van der Waals surface area contributed by atoms with Gasteiger partial charge in [-0.2, -0.15) is 0 Å². The lowest BCUT2D eigenvalue weighted by molar-refractivity contribution is -0.659. The quantitative estimate of drug-likeness (QED) is 0.692. The van der Waals surface area contributed by atoms with Crippen LogP contribution in [0.3, 0.4) is 0 Å². The van der Waals surface area contributed by atoms with Crippen LogP contribution in [0.5, 0.6) is 0 Å². The normalized spacial score (nSPS) is 13.3. The number of aryl methyl sites for hydroxylation is 3. The fourth-order valence-electron chi connectivity index (χ4n) is 2.54. The molecule has 0 N–H and O–H groups in total. The summed E-state index contributed by atoms with van der Waals surface area (Å²) in [6, 6.07) is 14.1. The van der Waals surface area contributed by atoms with Crippen LogP contribution in [0.2, 0.25) is 0 Å². The van der Waals surface area contributed by atoms with Gasteiger partial charge in [-0.05, 0) is 30.7 Å². The summed E-state index contributed by atoms with van der Waals surface area (Å²) in [4.78, 5) is 8.48. The molecule has 1 aromatic carbocycles. The van der Waals surface area contributed by atoms with Gasteiger partial charge in [0.25, 0.3) is 0 Å². The summed E-state index contributed by atoms with van der Waals surface area (Å²) < 4.78 is 24.2. The third kappa shape index (κ3) is 2.75. The van der Waals surface area contributed by atoms with Crippen molar-refractivity contribution in [3.8, 4) is 22.5 Å². The summed E-state index contributed by atoms with van der Waals surface area (Å²) in [5.74, 6) is 0.336. The zero-order valence-electron chi connectivity index (χ0n) is 15.7. The van der Waals surface area contributed by atoms with Crippen molar-refractivity contribution in [3.63, 3.8) is 0 Å². The molecule has 0 unspecified atom stereocenters. The highest BCUT2D eigenvalue weighted by molar-refractivity contribution is 5.64. The molecule has 22 heavy (non-hydrogen) atoms. The largest absolute Gasteiger partial charge is 0.241 e. The Morgan fingerprint density at radius 2 is 2.00 bits per heavy atom. The van der Waals surface area contributed by atoms with Gasteiger partial charge in [0.2, 0.25) is 5.69 Å². The molecule has 0 saturated heterocycles. The molecule has 3 nitrogen and oxygen atoms in total. The lowest BCUT2D eigenvalue weighted by atomic mass is 10.0. The smallest absolute Gasteiger partial charge is 0.212 e. The summed E-state index contributed by atoms with van der Waals surface area (Å²) in [6.07, 6.45) is 3.48. The number of benzene rings is 1. The number of nitrogens with zero attached hydrogens (tertiary/aromatic N) is 3. The summed E-state index contributed by atoms with van der Waals surface area (Å²) in [5.41, 5.74) is 5.16. The van der Waals surface area contributed by atoms with Crippen molar-refractivity contribution in [2.45, 2.75) is 20.2 Å². The molecule has 0 fully saturated rings. The van der Waals surface area contributed by atoms with Crippen molar-refractivity contribution in [2.75, 3.05) is 0 Å². The van der Waals surface area contributed by atoms with Crippen LogP contribution < -0.4 is 4.57 Å². The molecule has 0 saturated carbocycles. The first-order valence-electron chi connectivity index (χ1n) is 8.71. The van der Waals surface area contributed by atoms with Gasteiger partial charge in [0, 0.05) is 28.4 Å². The number of aromatic nitrogens is 3. The summed E-state index contributed by atoms with van der Waals surface area (Å²) >= 11 is 0. The first-order valence-corrected chi connectivity index (χ1v) is 7.21. The van der Waals surface area contributed by atoms with E-state index in [0.717, 1.165) is 17.0 Å². The topological polar surface area (TPSA) is 29.7 Å². The maximum absolute atomic E-state index is 7.37. The van der Waals surface area contributed by atoms with Gasteiger partial charge in [-0.1, -0.05) is 25.1 Å². The van der Waals surface area contributed by atoms with Gasteiger partial charge in [0.05, 0.1) is 11.3 Å². The Labute approximate surface area is 135 Å². The highest BCUT2D eigenvalue weighted by Gasteiger charge is 2.14. The molecule has 0 radical (unpaired) electrons. The van der Waals surface area contributed by atoms with Gasteiger partial charge in [-0.3, -0.25) is 0 Å². The second-order valence-corrected chi connectivity index (χ2v) is 5.26. The van der Waals surface area contributed by atoms with Crippen LogP contribution in [0.4, 0.5) is 0 Å². The van der Waals surface area contributed by atoms with E-state index in [2.05, 4.69) is 39.7 Å². The van der Waals surface area contributed by atoms with E-state index in [4.69, 9.17) is 4.11 Å². The van der Waals surface area contributed by atoms with Crippen LogP contribution in [0.15, 0.2) is 54.9 Å². The number of hydrogen-bond acceptors (Lipinski definition) is 2. The second-order valence-electron chi connectivity index (χ2n) is 5.26. The van der Waals surface area contributed by atoms with Gasteiger partial charge in [0.15, 0.2) is 6.20 Å². The van der Waals surface area contributed by atoms with Crippen molar-refractivity contribution in [3.05, 3.63) is 66.2 Å². The highest BCUT2D eigenvalue weighted by Crippen LogP contribution is 2.22. The van der Waals surface area contributed by atoms with Crippen molar-refractivity contribution >= 4 is 0 Å². The molecule has 0 aliphatic rings. The minimum atomic E-state index is -2.07. The molecule has 0 amide bonds. The fourth-order valence-corrected chi connectivity index (χ4v) is 2.54. The molecule has 110 valence electrons. The van der Waals surface area contributed by atoms with E-state index >= 15 is 0 Å². The lowest BCUT2D eigenvalue weighted by Crippen LogP contribution is -2.30. The Hall–Kier alpha value is -2.55. The van der Waals surface area contributed by atoms with E-state index in [0.29, 0.717) is 5.82 Å². The molecule has 0 aliphatic heterocycles. The minimum Gasteiger partial charge on any atom is -0.241 e. The molecule has 0 bridgehead atoms. The molecular weight excluding hydrogens is 270 g/mol. The Kier molecular flexibility index (Phi) is 3.05. The molecule has 2 heterocycles. The van der Waals surface area contributed by atoms with Crippen LogP contribution in [-0.4, -0.2) is 9.97 Å².